The first-order valence-corrected chi connectivity index (χ1v) is 8.43. The Bertz CT molecular complexity index is 613. The summed E-state index contributed by atoms with van der Waals surface area (Å²) >= 11 is 0. The van der Waals surface area contributed by atoms with Crippen LogP contribution in [0.4, 0.5) is 5.82 Å². The predicted molar refractivity (Wildman–Crippen MR) is 76.1 cm³/mol. The van der Waals surface area contributed by atoms with E-state index in [1.807, 2.05) is 11.8 Å². The van der Waals surface area contributed by atoms with Crippen LogP contribution in [0.3, 0.4) is 0 Å². The third-order valence-corrected chi connectivity index (χ3v) is 5.07. The number of aromatic nitrogens is 1. The number of carboxylic acid groups (broad SMARTS) is 1. The Kier molecular flexibility index (Phi) is 4.27. The van der Waals surface area contributed by atoms with Gasteiger partial charge >= 0.3 is 5.97 Å². The molecular weight excluding hydrogens is 280 g/mol. The van der Waals surface area contributed by atoms with Crippen molar-refractivity contribution in [1.82, 2.24) is 4.98 Å². The van der Waals surface area contributed by atoms with Gasteiger partial charge in [-0.3, -0.25) is 0 Å². The Hall–Kier alpha value is -1.63. The molecule has 110 valence electrons. The van der Waals surface area contributed by atoms with E-state index in [0.717, 1.165) is 0 Å². The average molecular weight is 298 g/mol. The molecule has 2 heterocycles. The lowest BCUT2D eigenvalue weighted by Crippen LogP contribution is -2.28. The smallest absolute Gasteiger partial charge is 0.335 e. The van der Waals surface area contributed by atoms with Crippen LogP contribution in [0, 0.1) is 0 Å². The number of carbonyl (C=O) groups is 1. The van der Waals surface area contributed by atoms with E-state index in [4.69, 9.17) is 5.11 Å². The summed E-state index contributed by atoms with van der Waals surface area (Å²) in [5.41, 5.74) is 0.894. The lowest BCUT2D eigenvalue weighted by atomic mass is 10.2. The summed E-state index contributed by atoms with van der Waals surface area (Å²) in [5, 5.41) is 9.12. The van der Waals surface area contributed by atoms with E-state index in [9.17, 15) is 13.2 Å². The van der Waals surface area contributed by atoms with Crippen molar-refractivity contribution in [1.29, 1.82) is 0 Å². The van der Waals surface area contributed by atoms with Crippen molar-refractivity contribution >= 4 is 21.6 Å². The molecule has 0 aliphatic carbocycles. The standard InChI is InChI=1S/C13H18N2O4S/c1-2-11-8-10(13(16)17)9-12(14-11)15-4-3-6-20(18,19)7-5-15/h8-9H,2-7H2,1H3,(H,16,17). The van der Waals surface area contributed by atoms with Crippen molar-refractivity contribution in [3.63, 3.8) is 0 Å². The van der Waals surface area contributed by atoms with Crippen LogP contribution in [0.5, 0.6) is 0 Å². The van der Waals surface area contributed by atoms with Gasteiger partial charge in [0.2, 0.25) is 0 Å². The molecule has 0 amide bonds. The second-order valence-corrected chi connectivity index (χ2v) is 7.16. The second-order valence-electron chi connectivity index (χ2n) is 4.86. The summed E-state index contributed by atoms with van der Waals surface area (Å²) in [6.45, 7) is 2.85. The van der Waals surface area contributed by atoms with Gasteiger partial charge < -0.3 is 10.0 Å². The van der Waals surface area contributed by atoms with Crippen molar-refractivity contribution in [2.24, 2.45) is 0 Å². The molecule has 20 heavy (non-hydrogen) atoms. The zero-order valence-corrected chi connectivity index (χ0v) is 12.2. The fourth-order valence-corrected chi connectivity index (χ4v) is 3.48. The molecule has 0 bridgehead atoms. The molecule has 1 saturated heterocycles. The van der Waals surface area contributed by atoms with Crippen LogP contribution in [0.25, 0.3) is 0 Å². The van der Waals surface area contributed by atoms with Crippen LogP contribution < -0.4 is 4.90 Å². The molecule has 0 aromatic carbocycles. The maximum absolute atomic E-state index is 11.6. The maximum atomic E-state index is 11.6. The molecule has 1 aliphatic rings. The van der Waals surface area contributed by atoms with Gasteiger partial charge in [0, 0.05) is 18.8 Å². The summed E-state index contributed by atoms with van der Waals surface area (Å²) in [5.74, 6) is -0.166. The van der Waals surface area contributed by atoms with E-state index in [2.05, 4.69) is 4.98 Å². The number of aryl methyl sites for hydroxylation is 1. The summed E-state index contributed by atoms with van der Waals surface area (Å²) in [6.07, 6.45) is 1.18. The number of hydrogen-bond acceptors (Lipinski definition) is 5. The Labute approximate surface area is 118 Å². The van der Waals surface area contributed by atoms with Crippen molar-refractivity contribution in [3.8, 4) is 0 Å². The number of nitrogens with zero attached hydrogens (tertiary/aromatic N) is 2. The molecule has 6 nitrogen and oxygen atoms in total. The number of aromatic carboxylic acids is 1. The average Bonchev–Trinajstić information content (AvgIpc) is 2.59. The van der Waals surface area contributed by atoms with Gasteiger partial charge in [-0.25, -0.2) is 18.2 Å². The second kappa shape index (κ2) is 5.78. The van der Waals surface area contributed by atoms with E-state index in [-0.39, 0.29) is 17.1 Å². The van der Waals surface area contributed by atoms with Gasteiger partial charge in [-0.05, 0) is 25.0 Å². The van der Waals surface area contributed by atoms with E-state index in [0.29, 0.717) is 37.4 Å². The molecular formula is C13H18N2O4S. The minimum absolute atomic E-state index is 0.0907. The lowest BCUT2D eigenvalue weighted by Gasteiger charge is -2.21. The maximum Gasteiger partial charge on any atom is 0.335 e. The van der Waals surface area contributed by atoms with Crippen LogP contribution in [-0.4, -0.2) is 49.1 Å². The van der Waals surface area contributed by atoms with E-state index in [1.165, 1.54) is 6.07 Å². The van der Waals surface area contributed by atoms with Crippen LogP contribution in [0.1, 0.15) is 29.4 Å². The van der Waals surface area contributed by atoms with Crippen molar-refractivity contribution < 1.29 is 18.3 Å². The molecule has 0 unspecified atom stereocenters. The number of rotatable bonds is 3. The third kappa shape index (κ3) is 3.47. The van der Waals surface area contributed by atoms with Gasteiger partial charge in [-0.15, -0.1) is 0 Å². The first-order chi connectivity index (χ1) is 9.41. The largest absolute Gasteiger partial charge is 0.478 e. The zero-order valence-electron chi connectivity index (χ0n) is 11.4. The van der Waals surface area contributed by atoms with Crippen LogP contribution in [0.15, 0.2) is 12.1 Å². The Morgan fingerprint density at radius 2 is 2.10 bits per heavy atom. The van der Waals surface area contributed by atoms with E-state index in [1.54, 1.807) is 6.07 Å². The minimum atomic E-state index is -2.99. The molecule has 0 spiro atoms. The van der Waals surface area contributed by atoms with E-state index >= 15 is 0 Å². The Balaban J connectivity index is 2.31. The van der Waals surface area contributed by atoms with Gasteiger partial charge in [0.05, 0.1) is 17.1 Å². The van der Waals surface area contributed by atoms with Gasteiger partial charge in [-0.2, -0.15) is 0 Å². The summed E-state index contributed by atoms with van der Waals surface area (Å²) in [7, 11) is -2.99. The zero-order chi connectivity index (χ0) is 14.8. The minimum Gasteiger partial charge on any atom is -0.478 e. The quantitative estimate of drug-likeness (QED) is 0.894. The van der Waals surface area contributed by atoms with Crippen molar-refractivity contribution in [2.75, 3.05) is 29.5 Å². The van der Waals surface area contributed by atoms with Gasteiger partial charge in [-0.1, -0.05) is 6.92 Å². The molecule has 1 aromatic heterocycles. The number of hydrogen-bond donors (Lipinski definition) is 1. The monoisotopic (exact) mass is 298 g/mol. The number of anilines is 1. The van der Waals surface area contributed by atoms with Crippen LogP contribution >= 0.6 is 0 Å². The normalized spacial score (nSPS) is 18.6. The van der Waals surface area contributed by atoms with Gasteiger partial charge in [0.1, 0.15) is 5.82 Å². The van der Waals surface area contributed by atoms with Crippen LogP contribution in [0.2, 0.25) is 0 Å². The molecule has 0 radical (unpaired) electrons. The van der Waals surface area contributed by atoms with Crippen LogP contribution in [-0.2, 0) is 16.3 Å². The highest BCUT2D eigenvalue weighted by Crippen LogP contribution is 2.18. The van der Waals surface area contributed by atoms with Gasteiger partial charge in [0.25, 0.3) is 0 Å². The number of pyridine rings is 1. The highest BCUT2D eigenvalue weighted by Gasteiger charge is 2.21. The summed E-state index contributed by atoms with van der Waals surface area (Å²) in [6, 6.07) is 3.07. The molecule has 0 saturated carbocycles. The predicted octanol–water partition coefficient (Wildman–Crippen LogP) is 0.967. The summed E-state index contributed by atoms with van der Waals surface area (Å²) in [4.78, 5) is 17.4. The lowest BCUT2D eigenvalue weighted by molar-refractivity contribution is 0.0696. The fraction of sp³-hybridized carbons (Fsp3) is 0.538. The van der Waals surface area contributed by atoms with E-state index < -0.39 is 15.8 Å². The highest BCUT2D eigenvalue weighted by atomic mass is 32.2. The molecule has 0 atom stereocenters. The van der Waals surface area contributed by atoms with Crippen molar-refractivity contribution in [2.45, 2.75) is 19.8 Å². The molecule has 1 N–H and O–H groups in total. The number of carboxylic acids is 1. The fourth-order valence-electron chi connectivity index (χ4n) is 2.21. The molecule has 1 aliphatic heterocycles. The Morgan fingerprint density at radius 1 is 1.35 bits per heavy atom. The molecule has 2 rings (SSSR count). The SMILES string of the molecule is CCc1cc(C(=O)O)cc(N2CCCS(=O)(=O)CC2)n1. The highest BCUT2D eigenvalue weighted by molar-refractivity contribution is 7.91. The van der Waals surface area contributed by atoms with Crippen molar-refractivity contribution in [3.05, 3.63) is 23.4 Å². The Morgan fingerprint density at radius 3 is 2.75 bits per heavy atom. The third-order valence-electron chi connectivity index (χ3n) is 3.35. The first kappa shape index (κ1) is 14.8. The summed E-state index contributed by atoms with van der Waals surface area (Å²) < 4.78 is 23.2. The molecule has 1 fully saturated rings. The molecule has 7 heteroatoms. The van der Waals surface area contributed by atoms with Gasteiger partial charge in [0.15, 0.2) is 9.84 Å². The number of sulfone groups is 1. The molecule has 1 aromatic rings. The first-order valence-electron chi connectivity index (χ1n) is 6.61. The topological polar surface area (TPSA) is 87.6 Å².